The van der Waals surface area contributed by atoms with E-state index < -0.39 is 0 Å². The van der Waals surface area contributed by atoms with Gasteiger partial charge in [0, 0.05) is 11.3 Å². The van der Waals surface area contributed by atoms with Crippen LogP contribution in [-0.2, 0) is 0 Å². The molecule has 3 heteroatoms. The molecule has 2 rings (SSSR count). The second-order valence-corrected chi connectivity index (χ2v) is 3.14. The lowest BCUT2D eigenvalue weighted by molar-refractivity contribution is 0.474. The van der Waals surface area contributed by atoms with Crippen LogP contribution >= 0.6 is 11.8 Å². The highest BCUT2D eigenvalue weighted by Gasteiger charge is 1.94. The average Bonchev–Trinajstić information content (AvgIpc) is 2.04. The van der Waals surface area contributed by atoms with E-state index in [0.717, 1.165) is 16.5 Å². The minimum absolute atomic E-state index is 0.285. The molecule has 0 aliphatic carbocycles. The fourth-order valence-corrected chi connectivity index (χ4v) is 1.67. The van der Waals surface area contributed by atoms with Gasteiger partial charge in [0.05, 0.1) is 11.2 Å². The number of hydrogen-bond donors (Lipinski definition) is 1. The number of fused-ring (bicyclic) bond motifs is 1. The van der Waals surface area contributed by atoms with Gasteiger partial charge in [0.15, 0.2) is 0 Å². The highest BCUT2D eigenvalue weighted by Crippen LogP contribution is 2.05. The predicted molar refractivity (Wildman–Crippen MR) is 45.8 cm³/mol. The van der Waals surface area contributed by atoms with Crippen molar-refractivity contribution >= 4 is 17.2 Å². The second-order valence-electron chi connectivity index (χ2n) is 2.31. The summed E-state index contributed by atoms with van der Waals surface area (Å²) in [6.07, 6.45) is 0. The zero-order valence-electron chi connectivity index (χ0n) is 5.82. The van der Waals surface area contributed by atoms with E-state index in [4.69, 9.17) is 5.11 Å². The van der Waals surface area contributed by atoms with E-state index in [2.05, 4.69) is 10.4 Å². The molecule has 0 amide bonds. The third-order valence-corrected chi connectivity index (χ3v) is 2.23. The average molecular weight is 165 g/mol. The number of hydrogen-bond acceptors (Lipinski definition) is 3. The van der Waals surface area contributed by atoms with E-state index in [1.54, 1.807) is 23.9 Å². The van der Waals surface area contributed by atoms with Crippen molar-refractivity contribution in [3.63, 3.8) is 0 Å². The lowest BCUT2D eigenvalue weighted by Crippen LogP contribution is -2.25. The Morgan fingerprint density at radius 3 is 3.27 bits per heavy atom. The van der Waals surface area contributed by atoms with E-state index in [9.17, 15) is 0 Å². The molecule has 0 bridgehead atoms. The largest absolute Gasteiger partial charge is 0.508 e. The van der Waals surface area contributed by atoms with Gasteiger partial charge in [-0.1, -0.05) is 0 Å². The molecule has 56 valence electrons. The zero-order chi connectivity index (χ0) is 7.68. The van der Waals surface area contributed by atoms with Crippen LogP contribution in [0, 0.1) is 0 Å². The molecule has 0 radical (unpaired) electrons. The summed E-state index contributed by atoms with van der Waals surface area (Å²) in [6.45, 7) is 0. The molecule has 1 aliphatic heterocycles. The Morgan fingerprint density at radius 1 is 1.45 bits per heavy atom. The lowest BCUT2D eigenvalue weighted by Gasteiger charge is -1.98. The highest BCUT2D eigenvalue weighted by atomic mass is 32.2. The number of aromatic hydroxyl groups is 1. The van der Waals surface area contributed by atoms with Gasteiger partial charge < -0.3 is 5.11 Å². The van der Waals surface area contributed by atoms with Crippen LogP contribution in [0.4, 0.5) is 0 Å². The fourth-order valence-electron chi connectivity index (χ4n) is 1.00. The molecule has 0 spiro atoms. The molecule has 11 heavy (non-hydrogen) atoms. The topological polar surface area (TPSA) is 32.6 Å². The van der Waals surface area contributed by atoms with Crippen LogP contribution in [0.5, 0.6) is 5.75 Å². The van der Waals surface area contributed by atoms with Gasteiger partial charge >= 0.3 is 0 Å². The fraction of sp³-hybridized carbons (Fsp3) is 0.125. The molecule has 1 N–H and O–H groups in total. The first-order valence-electron chi connectivity index (χ1n) is 3.31. The Balaban J connectivity index is 2.80. The van der Waals surface area contributed by atoms with Crippen molar-refractivity contribution in [2.75, 3.05) is 5.88 Å². The van der Waals surface area contributed by atoms with Crippen LogP contribution in [0.1, 0.15) is 0 Å². The maximum absolute atomic E-state index is 9.11. The Hall–Kier alpha value is -0.960. The van der Waals surface area contributed by atoms with Gasteiger partial charge in [0.1, 0.15) is 5.75 Å². The van der Waals surface area contributed by atoms with Gasteiger partial charge in [0.25, 0.3) is 0 Å². The van der Waals surface area contributed by atoms with Crippen LogP contribution in [0.2, 0.25) is 0 Å². The first-order valence-corrected chi connectivity index (χ1v) is 4.36. The van der Waals surface area contributed by atoms with Crippen LogP contribution in [0.25, 0.3) is 5.41 Å². The van der Waals surface area contributed by atoms with Crippen molar-refractivity contribution in [1.82, 2.24) is 0 Å². The molecule has 1 aliphatic rings. The maximum atomic E-state index is 9.11. The summed E-state index contributed by atoms with van der Waals surface area (Å²) < 4.78 is 0. The maximum Gasteiger partial charge on any atom is 0.117 e. The SMILES string of the molecule is Oc1ccc2c(c1)=NCSC=2. The molecule has 1 aromatic rings. The number of thioether (sulfide) groups is 1. The number of phenols is 1. The summed E-state index contributed by atoms with van der Waals surface area (Å²) >= 11 is 1.67. The van der Waals surface area contributed by atoms with E-state index >= 15 is 0 Å². The monoisotopic (exact) mass is 165 g/mol. The molecule has 0 saturated heterocycles. The van der Waals surface area contributed by atoms with Gasteiger partial charge in [-0.15, -0.1) is 11.8 Å². The minimum Gasteiger partial charge on any atom is -0.508 e. The number of nitrogens with zero attached hydrogens (tertiary/aromatic N) is 1. The number of rotatable bonds is 0. The molecule has 1 heterocycles. The van der Waals surface area contributed by atoms with Crippen LogP contribution in [0.15, 0.2) is 23.2 Å². The zero-order valence-corrected chi connectivity index (χ0v) is 6.64. The van der Waals surface area contributed by atoms with E-state index in [0.29, 0.717) is 0 Å². The summed E-state index contributed by atoms with van der Waals surface area (Å²) in [4.78, 5) is 4.23. The van der Waals surface area contributed by atoms with Crippen molar-refractivity contribution in [2.45, 2.75) is 0 Å². The molecule has 1 aromatic carbocycles. The smallest absolute Gasteiger partial charge is 0.117 e. The third-order valence-electron chi connectivity index (χ3n) is 1.53. The first kappa shape index (κ1) is 6.73. The molecule has 2 nitrogen and oxygen atoms in total. The molecular formula is C8H7NOS. The van der Waals surface area contributed by atoms with Crippen LogP contribution in [0.3, 0.4) is 0 Å². The summed E-state index contributed by atoms with van der Waals surface area (Å²) in [5.41, 5.74) is 0. The van der Waals surface area contributed by atoms with Gasteiger partial charge in [-0.3, -0.25) is 4.99 Å². The Labute approximate surface area is 68.3 Å². The van der Waals surface area contributed by atoms with Gasteiger partial charge in [-0.05, 0) is 17.5 Å². The Kier molecular flexibility index (Phi) is 1.58. The van der Waals surface area contributed by atoms with Crippen LogP contribution < -0.4 is 10.6 Å². The Morgan fingerprint density at radius 2 is 2.36 bits per heavy atom. The number of phenolic OH excluding ortho intramolecular Hbond substituents is 1. The summed E-state index contributed by atoms with van der Waals surface area (Å²) in [7, 11) is 0. The van der Waals surface area contributed by atoms with Crippen molar-refractivity contribution in [3.05, 3.63) is 28.8 Å². The van der Waals surface area contributed by atoms with Gasteiger partial charge in [0.2, 0.25) is 0 Å². The van der Waals surface area contributed by atoms with Crippen LogP contribution in [-0.4, -0.2) is 11.0 Å². The number of benzene rings is 1. The molecule has 0 fully saturated rings. The standard InChI is InChI=1S/C8H7NOS/c10-7-2-1-6-4-11-5-9-8(6)3-7/h1-4,10H,5H2. The minimum atomic E-state index is 0.285. The molecule has 0 unspecified atom stereocenters. The quantitative estimate of drug-likeness (QED) is 0.605. The third kappa shape index (κ3) is 1.24. The first-order chi connectivity index (χ1) is 5.36. The Bertz CT molecular complexity index is 386. The van der Waals surface area contributed by atoms with Crippen molar-refractivity contribution in [3.8, 4) is 5.75 Å². The second kappa shape index (κ2) is 2.58. The molecular weight excluding hydrogens is 158 g/mol. The molecule has 0 aromatic heterocycles. The van der Waals surface area contributed by atoms with Crippen molar-refractivity contribution < 1.29 is 5.11 Å². The molecule has 0 atom stereocenters. The highest BCUT2D eigenvalue weighted by molar-refractivity contribution is 8.06. The summed E-state index contributed by atoms with van der Waals surface area (Å²) in [5, 5.41) is 13.2. The summed E-state index contributed by atoms with van der Waals surface area (Å²) in [5.74, 6) is 1.05. The van der Waals surface area contributed by atoms with E-state index in [1.165, 1.54) is 0 Å². The normalized spacial score (nSPS) is 14.5. The van der Waals surface area contributed by atoms with Gasteiger partial charge in [-0.2, -0.15) is 0 Å². The van der Waals surface area contributed by atoms with Crippen molar-refractivity contribution in [1.29, 1.82) is 0 Å². The van der Waals surface area contributed by atoms with Crippen molar-refractivity contribution in [2.24, 2.45) is 4.99 Å². The van der Waals surface area contributed by atoms with E-state index in [1.807, 2.05) is 6.07 Å². The predicted octanol–water partition coefficient (Wildman–Crippen LogP) is 0.454. The van der Waals surface area contributed by atoms with Gasteiger partial charge in [-0.25, -0.2) is 0 Å². The summed E-state index contributed by atoms with van der Waals surface area (Å²) in [6, 6.07) is 5.24. The molecule has 0 saturated carbocycles. The lowest BCUT2D eigenvalue weighted by atomic mass is 10.3. The van der Waals surface area contributed by atoms with E-state index in [-0.39, 0.29) is 5.75 Å².